The Balaban J connectivity index is 1.68. The van der Waals surface area contributed by atoms with E-state index in [-0.39, 0.29) is 0 Å². The summed E-state index contributed by atoms with van der Waals surface area (Å²) in [6.45, 7) is 6.88. The number of allylic oxidation sites excluding steroid dienone is 4. The molecule has 0 bridgehead atoms. The van der Waals surface area contributed by atoms with Gasteiger partial charge in [0.15, 0.2) is 8.07 Å². The van der Waals surface area contributed by atoms with Crippen molar-refractivity contribution in [2.45, 2.75) is 96.9 Å². The van der Waals surface area contributed by atoms with Crippen molar-refractivity contribution in [1.82, 2.24) is 0 Å². The molecule has 0 radical (unpaired) electrons. The second kappa shape index (κ2) is 13.8. The molecule has 3 aromatic rings. The number of fused-ring (bicyclic) bond motifs is 1. The van der Waals surface area contributed by atoms with E-state index in [1.807, 2.05) is 0 Å². The van der Waals surface area contributed by atoms with Crippen LogP contribution in [-0.2, 0) is 19.3 Å². The summed E-state index contributed by atoms with van der Waals surface area (Å²) in [4.78, 5) is 0. The molecule has 0 aliphatic heterocycles. The van der Waals surface area contributed by atoms with E-state index in [0.717, 1.165) is 0 Å². The smallest absolute Gasteiger partial charge is 0.0808 e. The van der Waals surface area contributed by atoms with Gasteiger partial charge in [0, 0.05) is 0 Å². The van der Waals surface area contributed by atoms with Gasteiger partial charge in [0.2, 0.25) is 0 Å². The van der Waals surface area contributed by atoms with Crippen LogP contribution in [0.25, 0.3) is 0 Å². The van der Waals surface area contributed by atoms with Crippen LogP contribution in [0.3, 0.4) is 0 Å². The molecular weight excluding hydrogens is 497 g/mol. The van der Waals surface area contributed by atoms with Crippen LogP contribution in [0.1, 0.15) is 88.8 Å². The Labute approximate surface area is 245 Å². The van der Waals surface area contributed by atoms with Crippen molar-refractivity contribution in [3.63, 3.8) is 0 Å². The molecule has 210 valence electrons. The molecule has 0 N–H and O–H groups in total. The predicted molar refractivity (Wildman–Crippen MR) is 178 cm³/mol. The number of rotatable bonds is 13. The monoisotopic (exact) mass is 546 g/mol. The third-order valence-electron chi connectivity index (χ3n) is 9.81. The van der Waals surface area contributed by atoms with Crippen LogP contribution < -0.4 is 15.6 Å². The maximum atomic E-state index is 2.56. The van der Waals surface area contributed by atoms with Crippen LogP contribution in [0.5, 0.6) is 0 Å². The lowest BCUT2D eigenvalue weighted by atomic mass is 9.92. The van der Waals surface area contributed by atoms with E-state index < -0.39 is 8.07 Å². The van der Waals surface area contributed by atoms with Gasteiger partial charge in [0.1, 0.15) is 0 Å². The van der Waals surface area contributed by atoms with E-state index in [1.54, 1.807) is 15.6 Å². The second-order valence-corrected chi connectivity index (χ2v) is 16.5. The molecule has 2 aliphatic carbocycles. The molecule has 40 heavy (non-hydrogen) atoms. The minimum absolute atomic E-state index is 0.621. The first kappa shape index (κ1) is 28.9. The average Bonchev–Trinajstić information content (AvgIpc) is 3.44. The van der Waals surface area contributed by atoms with Gasteiger partial charge in [-0.05, 0) is 94.6 Å². The third-order valence-corrected chi connectivity index (χ3v) is 15.3. The predicted octanol–water partition coefficient (Wildman–Crippen LogP) is 8.71. The van der Waals surface area contributed by atoms with Crippen molar-refractivity contribution < 1.29 is 0 Å². The van der Waals surface area contributed by atoms with Crippen molar-refractivity contribution >= 4 is 23.6 Å². The van der Waals surface area contributed by atoms with E-state index in [9.17, 15) is 0 Å². The molecule has 0 spiro atoms. The van der Waals surface area contributed by atoms with Crippen LogP contribution in [0.15, 0.2) is 97.1 Å². The first-order valence-electron chi connectivity index (χ1n) is 16.3. The van der Waals surface area contributed by atoms with Gasteiger partial charge in [0.05, 0.1) is 0 Å². The van der Waals surface area contributed by atoms with E-state index >= 15 is 0 Å². The number of aryl methyl sites for hydroxylation is 3. The number of unbranched alkanes of at least 4 members (excludes halogenated alkanes) is 3. The standard InChI is InChI=1S/C39H50Si/c1-4-7-12-31-17-24-35(25-18-31)40(36-26-19-32(20-27-36)13-8-5-2,37-28-21-33(22-29-37)14-9-6-3)39-30-23-34-15-10-11-16-38(34)39/h10-11,15-22,24-29,34,38-39H,4-9,12-14,23,30H2,1-3H3. The molecule has 3 unspecified atom stereocenters. The van der Waals surface area contributed by atoms with Crippen molar-refractivity contribution in [2.75, 3.05) is 0 Å². The molecule has 5 rings (SSSR count). The lowest BCUT2D eigenvalue weighted by Gasteiger charge is -2.42. The highest BCUT2D eigenvalue weighted by atomic mass is 28.3. The summed E-state index contributed by atoms with van der Waals surface area (Å²) < 4.78 is 0. The molecule has 3 atom stereocenters. The molecule has 1 heteroatoms. The molecule has 2 aliphatic rings. The molecule has 1 fully saturated rings. The molecule has 3 aromatic carbocycles. The van der Waals surface area contributed by atoms with Gasteiger partial charge in [-0.1, -0.05) is 144 Å². The largest absolute Gasteiger partial charge is 0.151 e. The highest BCUT2D eigenvalue weighted by Crippen LogP contribution is 2.49. The van der Waals surface area contributed by atoms with Gasteiger partial charge in [-0.25, -0.2) is 0 Å². The molecule has 0 saturated heterocycles. The summed E-state index contributed by atoms with van der Waals surface area (Å²) in [7, 11) is -2.35. The first-order valence-corrected chi connectivity index (χ1v) is 18.4. The Morgan fingerprint density at radius 1 is 0.525 bits per heavy atom. The zero-order valence-electron chi connectivity index (χ0n) is 25.2. The fraction of sp³-hybridized carbons (Fsp3) is 0.436. The van der Waals surface area contributed by atoms with Crippen LogP contribution in [0.4, 0.5) is 0 Å². The van der Waals surface area contributed by atoms with Crippen molar-refractivity contribution in [3.05, 3.63) is 114 Å². The summed E-state index contributed by atoms with van der Waals surface area (Å²) in [5, 5.41) is 4.80. The van der Waals surface area contributed by atoms with Gasteiger partial charge >= 0.3 is 0 Å². The van der Waals surface area contributed by atoms with Gasteiger partial charge in [0.25, 0.3) is 0 Å². The fourth-order valence-electron chi connectivity index (χ4n) is 7.55. The van der Waals surface area contributed by atoms with Gasteiger partial charge in [-0.15, -0.1) is 0 Å². The van der Waals surface area contributed by atoms with E-state index in [2.05, 4.69) is 118 Å². The molecular formula is C39H50Si. The maximum Gasteiger partial charge on any atom is 0.151 e. The van der Waals surface area contributed by atoms with Gasteiger partial charge in [-0.2, -0.15) is 0 Å². The summed E-state index contributed by atoms with van der Waals surface area (Å²) in [6, 6.07) is 30.0. The molecule has 0 amide bonds. The number of hydrogen-bond acceptors (Lipinski definition) is 0. The molecule has 1 saturated carbocycles. The second-order valence-electron chi connectivity index (χ2n) is 12.4. The fourth-order valence-corrected chi connectivity index (χ4v) is 13.4. The van der Waals surface area contributed by atoms with E-state index in [4.69, 9.17) is 0 Å². The molecule has 0 aromatic heterocycles. The van der Waals surface area contributed by atoms with Crippen LogP contribution in [0, 0.1) is 11.8 Å². The summed E-state index contributed by atoms with van der Waals surface area (Å²) >= 11 is 0. The lowest BCUT2D eigenvalue weighted by molar-refractivity contribution is 0.548. The van der Waals surface area contributed by atoms with E-state index in [0.29, 0.717) is 17.4 Å². The highest BCUT2D eigenvalue weighted by Gasteiger charge is 2.52. The summed E-state index contributed by atoms with van der Waals surface area (Å²) in [6.07, 6.45) is 23.4. The van der Waals surface area contributed by atoms with Crippen LogP contribution in [0.2, 0.25) is 5.54 Å². The first-order chi connectivity index (χ1) is 19.7. The van der Waals surface area contributed by atoms with Crippen molar-refractivity contribution in [1.29, 1.82) is 0 Å². The third kappa shape index (κ3) is 6.01. The number of hydrogen-bond donors (Lipinski definition) is 0. The highest BCUT2D eigenvalue weighted by molar-refractivity contribution is 7.12. The SMILES string of the molecule is CCCCc1ccc([Si](c2ccc(CCCC)cc2)(c2ccc(CCCC)cc2)C2CCC3C=CC=CC32)cc1. The lowest BCUT2D eigenvalue weighted by Crippen LogP contribution is -2.70. The quantitative estimate of drug-likeness (QED) is 0.149. The van der Waals surface area contributed by atoms with Gasteiger partial charge < -0.3 is 0 Å². The average molecular weight is 547 g/mol. The van der Waals surface area contributed by atoms with Crippen molar-refractivity contribution in [3.8, 4) is 0 Å². The minimum Gasteiger partial charge on any atom is -0.0808 e. The number of benzene rings is 3. The molecule has 0 heterocycles. The van der Waals surface area contributed by atoms with Crippen LogP contribution in [-0.4, -0.2) is 8.07 Å². The van der Waals surface area contributed by atoms with Crippen LogP contribution >= 0.6 is 0 Å². The Morgan fingerprint density at radius 2 is 0.925 bits per heavy atom. The van der Waals surface area contributed by atoms with Gasteiger partial charge in [-0.3, -0.25) is 0 Å². The topological polar surface area (TPSA) is 0 Å². The minimum atomic E-state index is -2.35. The Morgan fingerprint density at radius 3 is 1.32 bits per heavy atom. The Bertz CT molecular complexity index is 1120. The zero-order valence-corrected chi connectivity index (χ0v) is 26.2. The summed E-state index contributed by atoms with van der Waals surface area (Å²) in [5.41, 5.74) is 5.12. The Hall–Kier alpha value is -2.64. The zero-order chi connectivity index (χ0) is 27.8. The molecule has 0 nitrogen and oxygen atoms in total. The summed E-state index contributed by atoms with van der Waals surface area (Å²) in [5.74, 6) is 1.30. The Kier molecular flexibility index (Phi) is 9.97. The van der Waals surface area contributed by atoms with E-state index in [1.165, 1.54) is 87.3 Å². The maximum absolute atomic E-state index is 2.56. The van der Waals surface area contributed by atoms with Crippen molar-refractivity contribution in [2.24, 2.45) is 11.8 Å². The normalized spacial score (nSPS) is 20.1.